The largest absolute Gasteiger partial charge is 0.383 e. The summed E-state index contributed by atoms with van der Waals surface area (Å²) in [5, 5.41) is 0. The molecule has 1 heterocycles. The zero-order chi connectivity index (χ0) is 20.1. The number of carbonyl (C=O) groups is 1. The van der Waals surface area contributed by atoms with E-state index in [-0.39, 0.29) is 42.7 Å². The third kappa shape index (κ3) is 4.62. The molecule has 1 amide bonds. The number of nitrogens with zero attached hydrogens (tertiary/aromatic N) is 2. The fourth-order valence-corrected chi connectivity index (χ4v) is 2.66. The van der Waals surface area contributed by atoms with Gasteiger partial charge in [-0.2, -0.15) is 0 Å². The van der Waals surface area contributed by atoms with Crippen LogP contribution in [0.1, 0.15) is 24.2 Å². The van der Waals surface area contributed by atoms with E-state index in [1.165, 1.54) is 29.9 Å². The maximum absolute atomic E-state index is 13.5. The second kappa shape index (κ2) is 8.63. The van der Waals surface area contributed by atoms with E-state index < -0.39 is 23.0 Å². The van der Waals surface area contributed by atoms with Crippen molar-refractivity contribution in [2.45, 2.75) is 20.4 Å². The van der Waals surface area contributed by atoms with Crippen LogP contribution in [-0.4, -0.2) is 35.7 Å². The van der Waals surface area contributed by atoms with Gasteiger partial charge >= 0.3 is 5.69 Å². The number of H-pyrrole nitrogens is 1. The molecule has 0 aliphatic rings. The number of anilines is 2. The van der Waals surface area contributed by atoms with Crippen molar-refractivity contribution in [3.63, 3.8) is 0 Å². The molecule has 3 N–H and O–H groups in total. The number of halogens is 1. The molecule has 2 aromatic rings. The van der Waals surface area contributed by atoms with Crippen LogP contribution in [-0.2, 0) is 11.3 Å². The van der Waals surface area contributed by atoms with Crippen molar-refractivity contribution in [3.05, 3.63) is 56.5 Å². The monoisotopic (exact) mass is 378 g/mol. The minimum absolute atomic E-state index is 0.000983. The summed E-state index contributed by atoms with van der Waals surface area (Å²) < 4.78 is 19.8. The van der Waals surface area contributed by atoms with E-state index in [2.05, 4.69) is 4.98 Å². The maximum Gasteiger partial charge on any atom is 0.330 e. The maximum atomic E-state index is 13.5. The Kier molecular flexibility index (Phi) is 6.51. The number of ether oxygens (including phenoxy) is 1. The molecule has 8 nitrogen and oxygen atoms in total. The average molecular weight is 378 g/mol. The average Bonchev–Trinajstić information content (AvgIpc) is 2.60. The Bertz CT molecular complexity index is 936. The van der Waals surface area contributed by atoms with E-state index in [1.54, 1.807) is 0 Å². The molecule has 0 aliphatic carbocycles. The number of methoxy groups -OCH3 is 1. The molecule has 0 bridgehead atoms. The minimum Gasteiger partial charge on any atom is -0.383 e. The van der Waals surface area contributed by atoms with Crippen LogP contribution in [0, 0.1) is 11.7 Å². The van der Waals surface area contributed by atoms with Crippen molar-refractivity contribution in [3.8, 4) is 0 Å². The van der Waals surface area contributed by atoms with Crippen molar-refractivity contribution in [2.75, 3.05) is 30.9 Å². The molecular formula is C18H23FN4O4. The van der Waals surface area contributed by atoms with E-state index in [0.29, 0.717) is 0 Å². The number of carbonyl (C=O) groups excluding carboxylic acids is 1. The lowest BCUT2D eigenvalue weighted by Gasteiger charge is -2.24. The minimum atomic E-state index is -0.793. The van der Waals surface area contributed by atoms with Gasteiger partial charge in [-0.15, -0.1) is 0 Å². The predicted octanol–water partition coefficient (Wildman–Crippen LogP) is 1.21. The first-order valence-electron chi connectivity index (χ1n) is 8.45. The first-order valence-corrected chi connectivity index (χ1v) is 8.45. The Morgan fingerprint density at radius 2 is 2.07 bits per heavy atom. The van der Waals surface area contributed by atoms with Crippen molar-refractivity contribution in [1.29, 1.82) is 0 Å². The predicted molar refractivity (Wildman–Crippen MR) is 101 cm³/mol. The highest BCUT2D eigenvalue weighted by atomic mass is 19.1. The Labute approximate surface area is 155 Å². The Hall–Kier alpha value is -2.94. The summed E-state index contributed by atoms with van der Waals surface area (Å²) in [5.74, 6) is -1.26. The van der Waals surface area contributed by atoms with Gasteiger partial charge in [-0.25, -0.2) is 9.18 Å². The van der Waals surface area contributed by atoms with Crippen LogP contribution in [0.4, 0.5) is 15.9 Å². The second-order valence-corrected chi connectivity index (χ2v) is 6.46. The quantitative estimate of drug-likeness (QED) is 0.752. The number of nitrogens with two attached hydrogens (primary N) is 1. The number of amides is 1. The van der Waals surface area contributed by atoms with Gasteiger partial charge in [-0.1, -0.05) is 19.9 Å². The Balaban J connectivity index is 2.61. The Morgan fingerprint density at radius 3 is 2.67 bits per heavy atom. The lowest BCUT2D eigenvalue weighted by atomic mass is 10.1. The van der Waals surface area contributed by atoms with Crippen LogP contribution in [0.5, 0.6) is 0 Å². The van der Waals surface area contributed by atoms with E-state index in [0.717, 1.165) is 11.0 Å². The van der Waals surface area contributed by atoms with Crippen LogP contribution in [0.3, 0.4) is 0 Å². The number of aromatic amines is 1. The van der Waals surface area contributed by atoms with Gasteiger partial charge in [0, 0.05) is 25.8 Å². The molecule has 0 fully saturated rings. The molecular weight excluding hydrogens is 355 g/mol. The normalized spacial score (nSPS) is 11.0. The summed E-state index contributed by atoms with van der Waals surface area (Å²) in [6.07, 6.45) is 0. The first-order chi connectivity index (χ1) is 12.8. The number of hydrogen-bond donors (Lipinski definition) is 2. The third-order valence-corrected chi connectivity index (χ3v) is 3.87. The summed E-state index contributed by atoms with van der Waals surface area (Å²) in [6, 6.07) is 5.10. The summed E-state index contributed by atoms with van der Waals surface area (Å²) >= 11 is 0. The van der Waals surface area contributed by atoms with Crippen molar-refractivity contribution in [1.82, 2.24) is 9.55 Å². The zero-order valence-electron chi connectivity index (χ0n) is 15.5. The third-order valence-electron chi connectivity index (χ3n) is 3.87. The van der Waals surface area contributed by atoms with Gasteiger partial charge in [0.05, 0.1) is 6.61 Å². The Morgan fingerprint density at radius 1 is 1.37 bits per heavy atom. The van der Waals surface area contributed by atoms with Gasteiger partial charge in [0.15, 0.2) is 5.69 Å². The van der Waals surface area contributed by atoms with Gasteiger partial charge in [0.25, 0.3) is 11.5 Å². The molecule has 0 saturated carbocycles. The number of nitrogen functional groups attached to an aromatic ring is 1. The standard InChI is InChI=1S/C18H23FN4O4/c1-11(2)10-23-15(20)14(16(24)21-18(23)26)22(7-8-27-3)17(25)12-5-4-6-13(19)9-12/h4-6,9,11H,7-8,10,20H2,1-3H3,(H,21,24,26). The van der Waals surface area contributed by atoms with E-state index >= 15 is 0 Å². The molecule has 0 spiro atoms. The van der Waals surface area contributed by atoms with Crippen molar-refractivity contribution in [2.24, 2.45) is 5.92 Å². The molecule has 1 aromatic heterocycles. The fourth-order valence-electron chi connectivity index (χ4n) is 2.66. The number of benzene rings is 1. The van der Waals surface area contributed by atoms with Gasteiger partial charge in [0.2, 0.25) is 0 Å². The van der Waals surface area contributed by atoms with Gasteiger partial charge < -0.3 is 10.5 Å². The first kappa shape index (κ1) is 20.4. The van der Waals surface area contributed by atoms with Crippen LogP contribution >= 0.6 is 0 Å². The molecule has 2 rings (SSSR count). The fraction of sp³-hybridized carbons (Fsp3) is 0.389. The summed E-state index contributed by atoms with van der Waals surface area (Å²) in [7, 11) is 1.44. The summed E-state index contributed by atoms with van der Waals surface area (Å²) in [5.41, 5.74) is 4.52. The molecule has 0 aliphatic heterocycles. The van der Waals surface area contributed by atoms with Crippen LogP contribution in [0.15, 0.2) is 33.9 Å². The van der Waals surface area contributed by atoms with E-state index in [1.807, 2.05) is 13.8 Å². The molecule has 0 saturated heterocycles. The number of rotatable bonds is 7. The highest BCUT2D eigenvalue weighted by molar-refractivity contribution is 6.07. The van der Waals surface area contributed by atoms with Crippen molar-refractivity contribution >= 4 is 17.4 Å². The summed E-state index contributed by atoms with van der Waals surface area (Å²) in [6.45, 7) is 4.15. The van der Waals surface area contributed by atoms with E-state index in [9.17, 15) is 18.8 Å². The highest BCUT2D eigenvalue weighted by Crippen LogP contribution is 2.20. The lowest BCUT2D eigenvalue weighted by Crippen LogP contribution is -2.42. The summed E-state index contributed by atoms with van der Waals surface area (Å²) in [4.78, 5) is 40.8. The van der Waals surface area contributed by atoms with Gasteiger partial charge in [-0.3, -0.25) is 24.0 Å². The topological polar surface area (TPSA) is 110 Å². The second-order valence-electron chi connectivity index (χ2n) is 6.46. The van der Waals surface area contributed by atoms with E-state index in [4.69, 9.17) is 10.5 Å². The number of nitrogens with one attached hydrogen (secondary N) is 1. The van der Waals surface area contributed by atoms with Crippen LogP contribution in [0.25, 0.3) is 0 Å². The molecule has 0 radical (unpaired) electrons. The highest BCUT2D eigenvalue weighted by Gasteiger charge is 2.25. The molecule has 146 valence electrons. The van der Waals surface area contributed by atoms with Crippen molar-refractivity contribution < 1.29 is 13.9 Å². The van der Waals surface area contributed by atoms with Crippen LogP contribution < -0.4 is 21.9 Å². The molecule has 9 heteroatoms. The number of aromatic nitrogens is 2. The molecule has 1 aromatic carbocycles. The SMILES string of the molecule is COCCN(C(=O)c1cccc(F)c1)c1c(N)n(CC(C)C)c(=O)[nH]c1=O. The lowest BCUT2D eigenvalue weighted by molar-refractivity contribution is 0.0975. The zero-order valence-corrected chi connectivity index (χ0v) is 15.5. The smallest absolute Gasteiger partial charge is 0.330 e. The van der Waals surface area contributed by atoms with Gasteiger partial charge in [0.1, 0.15) is 11.6 Å². The molecule has 0 atom stereocenters. The van der Waals surface area contributed by atoms with Crippen LogP contribution in [0.2, 0.25) is 0 Å². The number of hydrogen-bond acceptors (Lipinski definition) is 5. The molecule has 0 unspecified atom stereocenters. The van der Waals surface area contributed by atoms with Gasteiger partial charge in [-0.05, 0) is 24.1 Å². The molecule has 27 heavy (non-hydrogen) atoms.